The van der Waals surface area contributed by atoms with Crippen LogP contribution in [0.4, 0.5) is 0 Å². The fraction of sp³-hybridized carbons (Fsp3) is 0.381. The number of ether oxygens (including phenoxy) is 2. The quantitative estimate of drug-likeness (QED) is 0.465. The standard InChI is InChI=1S/C21H22Cl2O3/c22-13-21(24)26-20-9-5-4-8-17(20)18-12-16(23)10-11-19(18)25-14-15-6-2-1-3-7-15/h1-3,6-7,10-12,17,20H,4-5,8-9,13-14H2. The highest BCUT2D eigenvalue weighted by Crippen LogP contribution is 2.40. The Kier molecular flexibility index (Phi) is 6.81. The number of halogens is 2. The van der Waals surface area contributed by atoms with Crippen molar-refractivity contribution in [2.24, 2.45) is 0 Å². The van der Waals surface area contributed by atoms with Gasteiger partial charge in [-0.1, -0.05) is 48.4 Å². The van der Waals surface area contributed by atoms with E-state index in [0.717, 1.165) is 42.6 Å². The van der Waals surface area contributed by atoms with Crippen LogP contribution >= 0.6 is 23.2 Å². The number of benzene rings is 2. The third-order valence-electron chi connectivity index (χ3n) is 4.70. The van der Waals surface area contributed by atoms with Gasteiger partial charge in [0.15, 0.2) is 0 Å². The summed E-state index contributed by atoms with van der Waals surface area (Å²) in [7, 11) is 0. The summed E-state index contributed by atoms with van der Waals surface area (Å²) in [5.41, 5.74) is 2.10. The lowest BCUT2D eigenvalue weighted by Crippen LogP contribution is -2.29. The molecule has 2 aromatic rings. The van der Waals surface area contributed by atoms with E-state index in [9.17, 15) is 4.79 Å². The van der Waals surface area contributed by atoms with Crippen molar-refractivity contribution in [3.8, 4) is 5.75 Å². The van der Waals surface area contributed by atoms with Crippen molar-refractivity contribution in [3.05, 3.63) is 64.7 Å². The fourth-order valence-corrected chi connectivity index (χ4v) is 3.71. The summed E-state index contributed by atoms with van der Waals surface area (Å²) in [6.07, 6.45) is 3.70. The van der Waals surface area contributed by atoms with E-state index in [1.165, 1.54) is 0 Å². The van der Waals surface area contributed by atoms with Gasteiger partial charge in [-0.05, 0) is 43.0 Å². The van der Waals surface area contributed by atoms with Gasteiger partial charge < -0.3 is 9.47 Å². The summed E-state index contributed by atoms with van der Waals surface area (Å²) < 4.78 is 11.7. The Morgan fingerprint density at radius 2 is 1.85 bits per heavy atom. The number of esters is 1. The summed E-state index contributed by atoms with van der Waals surface area (Å²) in [5.74, 6) is 0.352. The molecule has 26 heavy (non-hydrogen) atoms. The monoisotopic (exact) mass is 392 g/mol. The summed E-state index contributed by atoms with van der Waals surface area (Å²) in [6, 6.07) is 15.7. The SMILES string of the molecule is O=C(CCl)OC1CCCCC1c1cc(Cl)ccc1OCc1ccccc1. The lowest BCUT2D eigenvalue weighted by atomic mass is 9.81. The first kappa shape index (κ1) is 19.1. The molecule has 1 saturated carbocycles. The van der Waals surface area contributed by atoms with Crippen molar-refractivity contribution in [1.29, 1.82) is 0 Å². The molecule has 5 heteroatoms. The van der Waals surface area contributed by atoms with Crippen LogP contribution in [0.25, 0.3) is 0 Å². The molecule has 1 aliphatic carbocycles. The molecule has 0 N–H and O–H groups in total. The average Bonchev–Trinajstić information content (AvgIpc) is 2.68. The predicted molar refractivity (Wildman–Crippen MR) is 104 cm³/mol. The van der Waals surface area contributed by atoms with Crippen LogP contribution in [0.2, 0.25) is 5.02 Å². The summed E-state index contributed by atoms with van der Waals surface area (Å²) in [6.45, 7) is 0.480. The Bertz CT molecular complexity index is 733. The van der Waals surface area contributed by atoms with Gasteiger partial charge in [-0.15, -0.1) is 11.6 Å². The van der Waals surface area contributed by atoms with Crippen LogP contribution in [-0.4, -0.2) is 18.0 Å². The maximum Gasteiger partial charge on any atom is 0.321 e. The molecule has 0 radical (unpaired) electrons. The number of carbonyl (C=O) groups excluding carboxylic acids is 1. The molecule has 138 valence electrons. The van der Waals surface area contributed by atoms with Crippen LogP contribution in [0.1, 0.15) is 42.7 Å². The van der Waals surface area contributed by atoms with Gasteiger partial charge in [0.25, 0.3) is 0 Å². The molecule has 1 aliphatic rings. The minimum absolute atomic E-state index is 0.0698. The van der Waals surface area contributed by atoms with Gasteiger partial charge in [0, 0.05) is 16.5 Å². The highest BCUT2D eigenvalue weighted by atomic mass is 35.5. The van der Waals surface area contributed by atoms with E-state index in [4.69, 9.17) is 32.7 Å². The molecule has 0 aliphatic heterocycles. The number of alkyl halides is 1. The fourth-order valence-electron chi connectivity index (χ4n) is 3.47. The van der Waals surface area contributed by atoms with E-state index in [-0.39, 0.29) is 23.9 Å². The summed E-state index contributed by atoms with van der Waals surface area (Å²) >= 11 is 11.9. The molecule has 1 fully saturated rings. The molecular weight excluding hydrogens is 371 g/mol. The number of rotatable bonds is 6. The van der Waals surface area contributed by atoms with Crippen LogP contribution in [0.15, 0.2) is 48.5 Å². The first-order chi connectivity index (χ1) is 12.7. The van der Waals surface area contributed by atoms with Gasteiger partial charge in [0.05, 0.1) is 0 Å². The highest BCUT2D eigenvalue weighted by molar-refractivity contribution is 6.30. The molecule has 0 spiro atoms. The Hall–Kier alpha value is -1.71. The Balaban J connectivity index is 1.82. The third-order valence-corrected chi connectivity index (χ3v) is 5.16. The van der Waals surface area contributed by atoms with Crippen molar-refractivity contribution in [2.75, 3.05) is 5.88 Å². The highest BCUT2D eigenvalue weighted by Gasteiger charge is 2.31. The minimum atomic E-state index is -0.377. The van der Waals surface area contributed by atoms with Gasteiger partial charge in [0.2, 0.25) is 0 Å². The zero-order valence-corrected chi connectivity index (χ0v) is 16.0. The molecule has 2 unspecified atom stereocenters. The van der Waals surface area contributed by atoms with Crippen molar-refractivity contribution < 1.29 is 14.3 Å². The van der Waals surface area contributed by atoms with E-state index in [1.54, 1.807) is 0 Å². The number of carbonyl (C=O) groups is 1. The first-order valence-electron chi connectivity index (χ1n) is 8.89. The zero-order chi connectivity index (χ0) is 18.4. The summed E-state index contributed by atoms with van der Waals surface area (Å²) in [5, 5.41) is 0.653. The average molecular weight is 393 g/mol. The molecular formula is C21H22Cl2O3. The molecule has 3 nitrogen and oxygen atoms in total. The third kappa shape index (κ3) is 4.93. The normalized spacial score (nSPS) is 19.8. The van der Waals surface area contributed by atoms with Crippen LogP contribution in [-0.2, 0) is 16.1 Å². The van der Waals surface area contributed by atoms with Crippen molar-refractivity contribution in [1.82, 2.24) is 0 Å². The van der Waals surface area contributed by atoms with Crippen molar-refractivity contribution in [3.63, 3.8) is 0 Å². The maximum absolute atomic E-state index is 11.7. The van der Waals surface area contributed by atoms with Crippen LogP contribution < -0.4 is 4.74 Å². The number of hydrogen-bond acceptors (Lipinski definition) is 3. The van der Waals surface area contributed by atoms with Gasteiger partial charge in [-0.2, -0.15) is 0 Å². The minimum Gasteiger partial charge on any atom is -0.489 e. The second-order valence-electron chi connectivity index (χ2n) is 6.51. The van der Waals surface area contributed by atoms with E-state index in [1.807, 2.05) is 48.5 Å². The Labute approximate surface area is 164 Å². The second kappa shape index (κ2) is 9.29. The second-order valence-corrected chi connectivity index (χ2v) is 7.21. The van der Waals surface area contributed by atoms with E-state index < -0.39 is 0 Å². The van der Waals surface area contributed by atoms with E-state index in [2.05, 4.69) is 0 Å². The topological polar surface area (TPSA) is 35.5 Å². The molecule has 0 aromatic heterocycles. The lowest BCUT2D eigenvalue weighted by molar-refractivity contribution is -0.148. The van der Waals surface area contributed by atoms with E-state index in [0.29, 0.717) is 11.6 Å². The van der Waals surface area contributed by atoms with Gasteiger partial charge in [-0.25, -0.2) is 0 Å². The first-order valence-corrected chi connectivity index (χ1v) is 9.80. The Morgan fingerprint density at radius 3 is 2.62 bits per heavy atom. The van der Waals surface area contributed by atoms with Crippen LogP contribution in [0, 0.1) is 0 Å². The predicted octanol–water partition coefficient (Wildman–Crippen LogP) is 5.73. The zero-order valence-electron chi connectivity index (χ0n) is 14.5. The maximum atomic E-state index is 11.7. The molecule has 0 saturated heterocycles. The largest absolute Gasteiger partial charge is 0.489 e. The number of hydrogen-bond donors (Lipinski definition) is 0. The summed E-state index contributed by atoms with van der Waals surface area (Å²) in [4.78, 5) is 11.7. The van der Waals surface area contributed by atoms with Crippen molar-refractivity contribution in [2.45, 2.75) is 44.3 Å². The molecule has 0 heterocycles. The van der Waals surface area contributed by atoms with Crippen molar-refractivity contribution >= 4 is 29.2 Å². The van der Waals surface area contributed by atoms with Gasteiger partial charge in [0.1, 0.15) is 24.3 Å². The molecule has 0 bridgehead atoms. The molecule has 3 rings (SSSR count). The molecule has 2 aromatic carbocycles. The van der Waals surface area contributed by atoms with Gasteiger partial charge in [-0.3, -0.25) is 4.79 Å². The molecule has 2 atom stereocenters. The van der Waals surface area contributed by atoms with Crippen LogP contribution in [0.3, 0.4) is 0 Å². The van der Waals surface area contributed by atoms with Gasteiger partial charge >= 0.3 is 5.97 Å². The van der Waals surface area contributed by atoms with Crippen LogP contribution in [0.5, 0.6) is 5.75 Å². The Morgan fingerprint density at radius 1 is 1.08 bits per heavy atom. The smallest absolute Gasteiger partial charge is 0.321 e. The lowest BCUT2D eigenvalue weighted by Gasteiger charge is -2.32. The van der Waals surface area contributed by atoms with E-state index >= 15 is 0 Å². The molecule has 0 amide bonds.